The van der Waals surface area contributed by atoms with Crippen LogP contribution in [-0.4, -0.2) is 26.5 Å². The van der Waals surface area contributed by atoms with E-state index in [0.717, 1.165) is 5.56 Å². The van der Waals surface area contributed by atoms with Crippen LogP contribution in [0.4, 0.5) is 4.39 Å². The topological polar surface area (TPSA) is 101 Å². The van der Waals surface area contributed by atoms with Gasteiger partial charge in [-0.15, -0.1) is 0 Å². The third kappa shape index (κ3) is 4.25. The first-order chi connectivity index (χ1) is 15.3. The largest absolute Gasteiger partial charge is 0.355 e. The van der Waals surface area contributed by atoms with Gasteiger partial charge in [0.15, 0.2) is 5.76 Å². The molecule has 1 amide bonds. The molecule has 9 heteroatoms. The van der Waals surface area contributed by atoms with Crippen molar-refractivity contribution in [2.24, 2.45) is 0 Å². The molecule has 1 atom stereocenters. The first kappa shape index (κ1) is 21.7. The van der Waals surface area contributed by atoms with Crippen LogP contribution in [0.5, 0.6) is 0 Å². The number of fused-ring (bicyclic) bond motifs is 1. The van der Waals surface area contributed by atoms with Gasteiger partial charge < -0.3 is 9.84 Å². The lowest BCUT2D eigenvalue weighted by Gasteiger charge is -2.15. The van der Waals surface area contributed by atoms with Gasteiger partial charge in [0.2, 0.25) is 10.0 Å². The van der Waals surface area contributed by atoms with Crippen molar-refractivity contribution in [2.45, 2.75) is 17.9 Å². The Morgan fingerprint density at radius 3 is 2.38 bits per heavy atom. The van der Waals surface area contributed by atoms with E-state index in [4.69, 9.17) is 4.52 Å². The van der Waals surface area contributed by atoms with E-state index in [1.54, 1.807) is 49.4 Å². The highest BCUT2D eigenvalue weighted by molar-refractivity contribution is 7.89. The average molecular weight is 453 g/mol. The summed E-state index contributed by atoms with van der Waals surface area (Å²) < 4.78 is 44.6. The molecule has 4 rings (SSSR count). The zero-order valence-electron chi connectivity index (χ0n) is 17.3. The minimum atomic E-state index is -3.52. The number of nitrogens with zero attached hydrogens (tertiary/aromatic N) is 1. The van der Waals surface area contributed by atoms with Crippen LogP contribution in [0.15, 0.2) is 76.1 Å². The number of sulfonamides is 1. The van der Waals surface area contributed by atoms with E-state index in [1.165, 1.54) is 31.3 Å². The molecule has 0 bridgehead atoms. The molecule has 0 saturated heterocycles. The molecule has 0 saturated carbocycles. The normalized spacial score (nSPS) is 12.6. The maximum Gasteiger partial charge on any atom is 0.251 e. The fourth-order valence-electron chi connectivity index (χ4n) is 3.31. The van der Waals surface area contributed by atoms with Crippen molar-refractivity contribution in [2.75, 3.05) is 7.05 Å². The number of benzene rings is 3. The van der Waals surface area contributed by atoms with Crippen LogP contribution in [0, 0.1) is 5.82 Å². The number of carbonyl (C=O) groups excluding carboxylic acids is 1. The smallest absolute Gasteiger partial charge is 0.251 e. The van der Waals surface area contributed by atoms with Crippen LogP contribution in [0.3, 0.4) is 0 Å². The van der Waals surface area contributed by atoms with E-state index in [0.29, 0.717) is 27.8 Å². The maximum absolute atomic E-state index is 13.2. The molecule has 0 fully saturated rings. The van der Waals surface area contributed by atoms with E-state index >= 15 is 0 Å². The lowest BCUT2D eigenvalue weighted by molar-refractivity contribution is 0.0940. The van der Waals surface area contributed by atoms with E-state index in [1.807, 2.05) is 0 Å². The highest BCUT2D eigenvalue weighted by Crippen LogP contribution is 2.29. The molecule has 164 valence electrons. The van der Waals surface area contributed by atoms with Crippen molar-refractivity contribution in [3.05, 3.63) is 83.7 Å². The Bertz CT molecular complexity index is 1380. The van der Waals surface area contributed by atoms with Crippen LogP contribution in [0.1, 0.15) is 28.9 Å². The number of amides is 1. The Hall–Kier alpha value is -3.56. The van der Waals surface area contributed by atoms with Crippen molar-refractivity contribution in [1.82, 2.24) is 15.2 Å². The van der Waals surface area contributed by atoms with Crippen LogP contribution in [0.2, 0.25) is 0 Å². The quantitative estimate of drug-likeness (QED) is 0.459. The molecule has 1 aromatic heterocycles. The van der Waals surface area contributed by atoms with Gasteiger partial charge in [-0.3, -0.25) is 4.79 Å². The summed E-state index contributed by atoms with van der Waals surface area (Å²) in [7, 11) is -2.18. The highest BCUT2D eigenvalue weighted by Gasteiger charge is 2.17. The van der Waals surface area contributed by atoms with Crippen molar-refractivity contribution in [1.29, 1.82) is 0 Å². The van der Waals surface area contributed by atoms with Crippen LogP contribution >= 0.6 is 0 Å². The fourth-order valence-corrected chi connectivity index (χ4v) is 4.04. The van der Waals surface area contributed by atoms with Crippen molar-refractivity contribution >= 4 is 26.8 Å². The fraction of sp³-hybridized carbons (Fsp3) is 0.130. The molecular formula is C23H20FN3O4S. The van der Waals surface area contributed by atoms with Crippen LogP contribution < -0.4 is 10.0 Å². The third-order valence-corrected chi connectivity index (χ3v) is 6.58. The van der Waals surface area contributed by atoms with E-state index in [2.05, 4.69) is 15.2 Å². The predicted octanol–water partition coefficient (Wildman–Crippen LogP) is 4.03. The summed E-state index contributed by atoms with van der Waals surface area (Å²) in [6, 6.07) is 16.8. The molecule has 0 radical (unpaired) electrons. The summed E-state index contributed by atoms with van der Waals surface area (Å²) in [4.78, 5) is 13.0. The monoisotopic (exact) mass is 453 g/mol. The second-order valence-corrected chi connectivity index (χ2v) is 9.11. The minimum absolute atomic E-state index is 0.147. The second kappa shape index (κ2) is 8.52. The highest BCUT2D eigenvalue weighted by atomic mass is 32.2. The number of carbonyl (C=O) groups is 1. The number of hydrogen-bond donors (Lipinski definition) is 2. The van der Waals surface area contributed by atoms with Gasteiger partial charge in [-0.05, 0) is 74.1 Å². The molecule has 0 aliphatic rings. The van der Waals surface area contributed by atoms with Gasteiger partial charge in [-0.25, -0.2) is 17.5 Å². The average Bonchev–Trinajstić information content (AvgIpc) is 3.23. The number of hydrogen-bond acceptors (Lipinski definition) is 5. The third-order valence-electron chi connectivity index (χ3n) is 5.15. The summed E-state index contributed by atoms with van der Waals surface area (Å²) in [6.07, 6.45) is 0. The molecule has 2 N–H and O–H groups in total. The Morgan fingerprint density at radius 1 is 1.03 bits per heavy atom. The predicted molar refractivity (Wildman–Crippen MR) is 118 cm³/mol. The summed E-state index contributed by atoms with van der Waals surface area (Å²) in [6.45, 7) is 1.81. The molecule has 3 aromatic carbocycles. The van der Waals surface area contributed by atoms with Gasteiger partial charge in [0, 0.05) is 11.1 Å². The van der Waals surface area contributed by atoms with Gasteiger partial charge in [0.05, 0.1) is 16.3 Å². The van der Waals surface area contributed by atoms with E-state index in [-0.39, 0.29) is 22.7 Å². The molecule has 7 nitrogen and oxygen atoms in total. The zero-order valence-corrected chi connectivity index (χ0v) is 18.1. The molecule has 4 aromatic rings. The molecule has 0 spiro atoms. The van der Waals surface area contributed by atoms with Gasteiger partial charge in [-0.2, -0.15) is 0 Å². The molecule has 0 aliphatic heterocycles. The standard InChI is InChI=1S/C23H20FN3O4S/c1-14(15-5-10-19(11-6-15)32(29,30)25-2)26-23(28)17-7-12-21-20(13-17)22(31-27-21)16-3-8-18(24)9-4-16/h3-14,25H,1-2H3,(H,26,28). The number of rotatable bonds is 6. The van der Waals surface area contributed by atoms with Gasteiger partial charge in [0.1, 0.15) is 11.3 Å². The number of halogens is 1. The SMILES string of the molecule is CNS(=O)(=O)c1ccc(C(C)NC(=O)c2ccc3noc(-c4ccc(F)cc4)c3c2)cc1. The van der Waals surface area contributed by atoms with Crippen LogP contribution in [0.25, 0.3) is 22.2 Å². The first-order valence-corrected chi connectivity index (χ1v) is 11.3. The Kier molecular flexibility index (Phi) is 5.77. The lowest BCUT2D eigenvalue weighted by Crippen LogP contribution is -2.26. The molecular weight excluding hydrogens is 433 g/mol. The molecule has 0 aliphatic carbocycles. The van der Waals surface area contributed by atoms with Gasteiger partial charge in [-0.1, -0.05) is 17.3 Å². The Balaban J connectivity index is 1.56. The molecule has 1 heterocycles. The van der Waals surface area contributed by atoms with Gasteiger partial charge in [0.25, 0.3) is 5.91 Å². The summed E-state index contributed by atoms with van der Waals surface area (Å²) >= 11 is 0. The van der Waals surface area contributed by atoms with E-state index < -0.39 is 10.0 Å². The minimum Gasteiger partial charge on any atom is -0.355 e. The second-order valence-electron chi connectivity index (χ2n) is 7.22. The number of nitrogens with one attached hydrogen (secondary N) is 2. The first-order valence-electron chi connectivity index (χ1n) is 9.78. The Morgan fingerprint density at radius 2 is 1.72 bits per heavy atom. The summed E-state index contributed by atoms with van der Waals surface area (Å²) in [5.41, 5.74) is 2.39. The maximum atomic E-state index is 13.2. The van der Waals surface area contributed by atoms with E-state index in [9.17, 15) is 17.6 Å². The molecule has 1 unspecified atom stereocenters. The van der Waals surface area contributed by atoms with Gasteiger partial charge >= 0.3 is 0 Å². The Labute approximate surface area is 184 Å². The molecule has 32 heavy (non-hydrogen) atoms. The summed E-state index contributed by atoms with van der Waals surface area (Å²) in [5.74, 6) is -0.218. The lowest BCUT2D eigenvalue weighted by atomic mass is 10.0. The number of aromatic nitrogens is 1. The van der Waals surface area contributed by atoms with Crippen molar-refractivity contribution in [3.63, 3.8) is 0 Å². The summed E-state index contributed by atoms with van der Waals surface area (Å²) in [5, 5.41) is 7.55. The van der Waals surface area contributed by atoms with Crippen LogP contribution in [-0.2, 0) is 10.0 Å². The van der Waals surface area contributed by atoms with Crippen molar-refractivity contribution in [3.8, 4) is 11.3 Å². The zero-order chi connectivity index (χ0) is 22.9. The van der Waals surface area contributed by atoms with Crippen molar-refractivity contribution < 1.29 is 22.1 Å².